The number of ether oxygens (including phenoxy) is 2. The summed E-state index contributed by atoms with van der Waals surface area (Å²) in [6.07, 6.45) is 3.53. The van der Waals surface area contributed by atoms with Gasteiger partial charge in [-0.2, -0.15) is 0 Å². The second kappa shape index (κ2) is 9.13. The summed E-state index contributed by atoms with van der Waals surface area (Å²) in [6.45, 7) is 2.20. The Labute approximate surface area is 149 Å². The molecule has 0 aromatic heterocycles. The van der Waals surface area contributed by atoms with E-state index in [1.54, 1.807) is 14.2 Å². The number of thiocarbonyl (C=S) groups is 1. The summed E-state index contributed by atoms with van der Waals surface area (Å²) in [7, 11) is 3.25. The number of methoxy groups -OCH3 is 2. The molecular weight excluding hydrogens is 320 g/mol. The van der Waals surface area contributed by atoms with Crippen LogP contribution in [-0.2, 0) is 6.42 Å². The van der Waals surface area contributed by atoms with Crippen LogP contribution >= 0.6 is 12.2 Å². The second-order valence-corrected chi connectivity index (χ2v) is 5.85. The number of rotatable bonds is 7. The molecule has 2 rings (SSSR count). The maximum absolute atomic E-state index is 5.39. The largest absolute Gasteiger partial charge is 0.497 e. The van der Waals surface area contributed by atoms with Crippen molar-refractivity contribution in [3.63, 3.8) is 0 Å². The summed E-state index contributed by atoms with van der Waals surface area (Å²) in [5, 5.41) is 6.84. The molecule has 0 bridgehead atoms. The lowest BCUT2D eigenvalue weighted by atomic mass is 10.1. The Kier molecular flexibility index (Phi) is 6.88. The van der Waals surface area contributed by atoms with Gasteiger partial charge in [-0.25, -0.2) is 0 Å². The van der Waals surface area contributed by atoms with Gasteiger partial charge in [0.1, 0.15) is 11.5 Å². The van der Waals surface area contributed by atoms with Crippen LogP contribution < -0.4 is 20.1 Å². The summed E-state index contributed by atoms with van der Waals surface area (Å²) in [4.78, 5) is 0. The zero-order valence-corrected chi connectivity index (χ0v) is 15.2. The molecule has 0 amide bonds. The van der Waals surface area contributed by atoms with Gasteiger partial charge in [-0.05, 0) is 54.9 Å². The third-order valence-corrected chi connectivity index (χ3v) is 3.89. The van der Waals surface area contributed by atoms with Crippen molar-refractivity contribution < 1.29 is 9.47 Å². The fraction of sp³-hybridized carbons (Fsp3) is 0.316. The Morgan fingerprint density at radius 2 is 1.75 bits per heavy atom. The summed E-state index contributed by atoms with van der Waals surface area (Å²) >= 11 is 5.39. The average Bonchev–Trinajstić information content (AvgIpc) is 2.61. The van der Waals surface area contributed by atoms with Crippen LogP contribution in [0, 0.1) is 0 Å². The molecule has 5 heteroatoms. The van der Waals surface area contributed by atoms with E-state index in [0.29, 0.717) is 10.9 Å². The maximum atomic E-state index is 5.39. The average molecular weight is 344 g/mol. The zero-order chi connectivity index (χ0) is 17.4. The Morgan fingerprint density at radius 1 is 1.00 bits per heavy atom. The lowest BCUT2D eigenvalue weighted by Gasteiger charge is -2.14. The van der Waals surface area contributed by atoms with Crippen LogP contribution in [0.15, 0.2) is 42.5 Å². The number of anilines is 2. The van der Waals surface area contributed by atoms with Gasteiger partial charge in [-0.15, -0.1) is 0 Å². The third-order valence-electron chi connectivity index (χ3n) is 3.69. The monoisotopic (exact) mass is 344 g/mol. The molecule has 0 atom stereocenters. The van der Waals surface area contributed by atoms with E-state index in [-0.39, 0.29) is 0 Å². The molecule has 128 valence electrons. The summed E-state index contributed by atoms with van der Waals surface area (Å²) in [5.41, 5.74) is 3.05. The van der Waals surface area contributed by atoms with Crippen molar-refractivity contribution in [2.75, 3.05) is 24.9 Å². The van der Waals surface area contributed by atoms with Gasteiger partial charge in [0.25, 0.3) is 0 Å². The fourth-order valence-electron chi connectivity index (χ4n) is 2.33. The first-order chi connectivity index (χ1) is 11.7. The molecule has 0 fully saturated rings. The molecule has 2 N–H and O–H groups in total. The molecule has 0 aliphatic rings. The molecule has 0 radical (unpaired) electrons. The minimum absolute atomic E-state index is 0.503. The molecule has 0 heterocycles. The van der Waals surface area contributed by atoms with E-state index in [1.165, 1.54) is 18.4 Å². The smallest absolute Gasteiger partial charge is 0.175 e. The number of benzene rings is 2. The minimum Gasteiger partial charge on any atom is -0.497 e. The molecule has 0 saturated carbocycles. The van der Waals surface area contributed by atoms with Gasteiger partial charge in [0.2, 0.25) is 0 Å². The SMILES string of the molecule is CCCCc1ccc(NC(=S)Nc2cc(OC)ccc2OC)cc1. The maximum Gasteiger partial charge on any atom is 0.175 e. The third kappa shape index (κ3) is 5.13. The van der Waals surface area contributed by atoms with Crippen molar-refractivity contribution >= 4 is 28.7 Å². The van der Waals surface area contributed by atoms with Gasteiger partial charge in [0, 0.05) is 11.8 Å². The van der Waals surface area contributed by atoms with Crippen molar-refractivity contribution in [1.82, 2.24) is 0 Å². The molecule has 0 saturated heterocycles. The predicted octanol–water partition coefficient (Wildman–Crippen LogP) is 4.86. The first-order valence-corrected chi connectivity index (χ1v) is 8.46. The highest BCUT2D eigenvalue weighted by Gasteiger charge is 2.07. The van der Waals surface area contributed by atoms with Crippen molar-refractivity contribution in [2.24, 2.45) is 0 Å². The first-order valence-electron chi connectivity index (χ1n) is 8.05. The molecule has 0 spiro atoms. The van der Waals surface area contributed by atoms with Gasteiger partial charge in [0.15, 0.2) is 5.11 Å². The highest BCUT2D eigenvalue weighted by atomic mass is 32.1. The number of hydrogen-bond donors (Lipinski definition) is 2. The van der Waals surface area contributed by atoms with Gasteiger partial charge >= 0.3 is 0 Å². The van der Waals surface area contributed by atoms with Crippen molar-refractivity contribution in [2.45, 2.75) is 26.2 Å². The van der Waals surface area contributed by atoms with E-state index in [4.69, 9.17) is 21.7 Å². The lowest BCUT2D eigenvalue weighted by molar-refractivity contribution is 0.405. The van der Waals surface area contributed by atoms with Gasteiger partial charge in [-0.3, -0.25) is 0 Å². The van der Waals surface area contributed by atoms with Crippen LogP contribution in [0.1, 0.15) is 25.3 Å². The molecule has 0 unspecified atom stereocenters. The molecule has 4 nitrogen and oxygen atoms in total. The Hall–Kier alpha value is -2.27. The number of hydrogen-bond acceptors (Lipinski definition) is 3. The number of unbranched alkanes of at least 4 members (excludes halogenated alkanes) is 1. The standard InChI is InChI=1S/C19H24N2O2S/c1-4-5-6-14-7-9-15(10-8-14)20-19(24)21-17-13-16(22-2)11-12-18(17)23-3/h7-13H,4-6H2,1-3H3,(H2,20,21,24). The highest BCUT2D eigenvalue weighted by Crippen LogP contribution is 2.29. The van der Waals surface area contributed by atoms with Crippen LogP contribution in [0.25, 0.3) is 0 Å². The summed E-state index contributed by atoms with van der Waals surface area (Å²) < 4.78 is 10.6. The fourth-order valence-corrected chi connectivity index (χ4v) is 2.56. The van der Waals surface area contributed by atoms with Crippen LogP contribution in [0.2, 0.25) is 0 Å². The highest BCUT2D eigenvalue weighted by molar-refractivity contribution is 7.80. The van der Waals surface area contributed by atoms with Crippen LogP contribution in [0.5, 0.6) is 11.5 Å². The van der Waals surface area contributed by atoms with Crippen molar-refractivity contribution in [3.8, 4) is 11.5 Å². The molecule has 2 aromatic carbocycles. The normalized spacial score (nSPS) is 10.1. The van der Waals surface area contributed by atoms with E-state index in [9.17, 15) is 0 Å². The molecule has 2 aromatic rings. The molecular formula is C19H24N2O2S. The molecule has 0 aliphatic carbocycles. The van der Waals surface area contributed by atoms with E-state index < -0.39 is 0 Å². The molecule has 0 aliphatic heterocycles. The van der Waals surface area contributed by atoms with E-state index in [2.05, 4.69) is 29.7 Å². The minimum atomic E-state index is 0.503. The van der Waals surface area contributed by atoms with Crippen molar-refractivity contribution in [1.29, 1.82) is 0 Å². The predicted molar refractivity (Wildman–Crippen MR) is 104 cm³/mol. The van der Waals surface area contributed by atoms with Crippen LogP contribution in [0.3, 0.4) is 0 Å². The van der Waals surface area contributed by atoms with E-state index in [0.717, 1.165) is 23.5 Å². The Morgan fingerprint density at radius 3 is 2.38 bits per heavy atom. The van der Waals surface area contributed by atoms with E-state index in [1.807, 2.05) is 30.3 Å². The summed E-state index contributed by atoms with van der Waals surface area (Å²) in [5.74, 6) is 1.44. The van der Waals surface area contributed by atoms with Gasteiger partial charge in [-0.1, -0.05) is 25.5 Å². The van der Waals surface area contributed by atoms with Crippen molar-refractivity contribution in [3.05, 3.63) is 48.0 Å². The Bertz CT molecular complexity index is 672. The van der Waals surface area contributed by atoms with Crippen LogP contribution in [0.4, 0.5) is 11.4 Å². The quantitative estimate of drug-likeness (QED) is 0.703. The second-order valence-electron chi connectivity index (χ2n) is 5.45. The van der Waals surface area contributed by atoms with E-state index >= 15 is 0 Å². The van der Waals surface area contributed by atoms with Gasteiger partial charge < -0.3 is 20.1 Å². The topological polar surface area (TPSA) is 42.5 Å². The van der Waals surface area contributed by atoms with Gasteiger partial charge in [0.05, 0.1) is 19.9 Å². The lowest BCUT2D eigenvalue weighted by Crippen LogP contribution is -2.19. The van der Waals surface area contributed by atoms with Crippen LogP contribution in [-0.4, -0.2) is 19.3 Å². The number of nitrogens with one attached hydrogen (secondary N) is 2. The zero-order valence-electron chi connectivity index (χ0n) is 14.4. The molecule has 24 heavy (non-hydrogen) atoms. The summed E-state index contributed by atoms with van der Waals surface area (Å²) in [6, 6.07) is 13.9. The Balaban J connectivity index is 2.00. The number of aryl methyl sites for hydroxylation is 1. The first kappa shape index (κ1) is 18.1.